The monoisotopic (exact) mass is 214 g/mol. The third kappa shape index (κ3) is 3.33. The van der Waals surface area contributed by atoms with Crippen molar-refractivity contribution in [3.63, 3.8) is 0 Å². The maximum Gasteiger partial charge on any atom is 0.311 e. The molecule has 1 aliphatic rings. The Kier molecular flexibility index (Phi) is 3.08. The maximum absolute atomic E-state index is 11.7. The minimum absolute atomic E-state index is 0.0281. The number of esters is 1. The van der Waals surface area contributed by atoms with E-state index in [-0.39, 0.29) is 23.8 Å². The van der Waals surface area contributed by atoms with Crippen molar-refractivity contribution in [3.8, 4) is 0 Å². The Morgan fingerprint density at radius 1 is 1.53 bits per heavy atom. The molecule has 3 atom stereocenters. The molecule has 0 spiro atoms. The van der Waals surface area contributed by atoms with Gasteiger partial charge in [-0.1, -0.05) is 6.92 Å². The summed E-state index contributed by atoms with van der Waals surface area (Å²) in [5, 5.41) is 0. The van der Waals surface area contributed by atoms with Gasteiger partial charge in [0.1, 0.15) is 11.9 Å². The SMILES string of the molecule is [3H]C1C[C@@H](OC(=O)C(C)(C)C)[C@H](C)CC1=O. The fourth-order valence-electron chi connectivity index (χ4n) is 1.49. The Labute approximate surface area is 92.6 Å². The number of carbonyl (C=O) groups excluding carboxylic acids is 2. The van der Waals surface area contributed by atoms with E-state index in [1.807, 2.05) is 6.92 Å². The lowest BCUT2D eigenvalue weighted by Crippen LogP contribution is -2.35. The van der Waals surface area contributed by atoms with Gasteiger partial charge in [-0.25, -0.2) is 0 Å². The fraction of sp³-hybridized carbons (Fsp3) is 0.833. The van der Waals surface area contributed by atoms with Crippen molar-refractivity contribution in [2.75, 3.05) is 0 Å². The molecule has 15 heavy (non-hydrogen) atoms. The predicted octanol–water partition coefficient (Wildman–Crippen LogP) is 2.33. The molecule has 0 aromatic heterocycles. The molecular weight excluding hydrogens is 192 g/mol. The van der Waals surface area contributed by atoms with E-state index in [0.717, 1.165) is 0 Å². The van der Waals surface area contributed by atoms with E-state index in [1.54, 1.807) is 20.8 Å². The van der Waals surface area contributed by atoms with Gasteiger partial charge in [0.05, 0.1) is 5.41 Å². The second-order valence-electron chi connectivity index (χ2n) is 5.28. The van der Waals surface area contributed by atoms with Crippen LogP contribution in [0, 0.1) is 11.3 Å². The van der Waals surface area contributed by atoms with E-state index in [9.17, 15) is 9.59 Å². The molecule has 1 saturated carbocycles. The van der Waals surface area contributed by atoms with Crippen molar-refractivity contribution >= 4 is 11.8 Å². The minimum Gasteiger partial charge on any atom is -0.462 e. The molecule has 86 valence electrons. The average Bonchev–Trinajstić information content (AvgIpc) is 2.12. The Balaban J connectivity index is 2.61. The molecule has 0 aromatic carbocycles. The molecule has 3 nitrogen and oxygen atoms in total. The van der Waals surface area contributed by atoms with Crippen LogP contribution in [0.15, 0.2) is 0 Å². The quantitative estimate of drug-likeness (QED) is 0.629. The van der Waals surface area contributed by atoms with Crippen molar-refractivity contribution in [2.45, 2.75) is 53.0 Å². The first-order valence-corrected chi connectivity index (χ1v) is 5.38. The zero-order chi connectivity index (χ0) is 12.5. The highest BCUT2D eigenvalue weighted by Gasteiger charge is 2.32. The normalized spacial score (nSPS) is 33.5. The molecule has 0 radical (unpaired) electrons. The molecular formula is C12H20O3. The van der Waals surface area contributed by atoms with Crippen molar-refractivity contribution in [1.29, 1.82) is 0 Å². The lowest BCUT2D eigenvalue weighted by atomic mass is 9.86. The van der Waals surface area contributed by atoms with Crippen LogP contribution in [0.2, 0.25) is 0 Å². The van der Waals surface area contributed by atoms with Crippen LogP contribution in [0.4, 0.5) is 0 Å². The van der Waals surface area contributed by atoms with Crippen LogP contribution < -0.4 is 0 Å². The number of hydrogen-bond donors (Lipinski definition) is 0. The fourth-order valence-corrected chi connectivity index (χ4v) is 1.49. The summed E-state index contributed by atoms with van der Waals surface area (Å²) in [4.78, 5) is 23.0. The largest absolute Gasteiger partial charge is 0.462 e. The predicted molar refractivity (Wildman–Crippen MR) is 57.4 cm³/mol. The molecule has 0 heterocycles. The molecule has 0 saturated heterocycles. The smallest absolute Gasteiger partial charge is 0.311 e. The van der Waals surface area contributed by atoms with Crippen molar-refractivity contribution in [1.82, 2.24) is 0 Å². The van der Waals surface area contributed by atoms with Crippen molar-refractivity contribution in [2.24, 2.45) is 11.3 Å². The third-order valence-electron chi connectivity index (χ3n) is 2.61. The number of hydrogen-bond acceptors (Lipinski definition) is 3. The van der Waals surface area contributed by atoms with Crippen LogP contribution in [0.3, 0.4) is 0 Å². The topological polar surface area (TPSA) is 43.4 Å². The molecule has 0 aromatic rings. The van der Waals surface area contributed by atoms with Gasteiger partial charge in [0, 0.05) is 14.2 Å². The number of Topliss-reactive ketones (excluding diaryl/α,β-unsaturated/α-hetero) is 1. The first-order chi connectivity index (χ1) is 7.21. The summed E-state index contributed by atoms with van der Waals surface area (Å²) < 4.78 is 12.9. The van der Waals surface area contributed by atoms with Gasteiger partial charge in [-0.15, -0.1) is 0 Å². The number of carbonyl (C=O) groups is 2. The van der Waals surface area contributed by atoms with E-state index in [2.05, 4.69) is 0 Å². The standard InChI is InChI=1S/C12H20O3/c1-8-7-9(13)5-6-10(8)15-11(14)12(2,3)4/h8,10H,5-7H2,1-4H3/t8-,10-/m1/s1/i5T/t5?,8-,10-. The molecule has 3 heteroatoms. The number of ketones is 1. The molecule has 0 amide bonds. The van der Waals surface area contributed by atoms with E-state index in [4.69, 9.17) is 6.11 Å². The Hall–Kier alpha value is -0.860. The summed E-state index contributed by atoms with van der Waals surface area (Å²) in [7, 11) is 0. The van der Waals surface area contributed by atoms with E-state index in [1.165, 1.54) is 0 Å². The zero-order valence-electron chi connectivity index (χ0n) is 10.9. The maximum atomic E-state index is 11.7. The van der Waals surface area contributed by atoms with Gasteiger partial charge in [-0.05, 0) is 33.1 Å². The molecule has 1 rings (SSSR count). The van der Waals surface area contributed by atoms with Crippen LogP contribution in [-0.2, 0) is 14.3 Å². The molecule has 0 aliphatic heterocycles. The van der Waals surface area contributed by atoms with E-state index in [0.29, 0.717) is 12.8 Å². The zero-order valence-corrected chi connectivity index (χ0v) is 9.87. The summed E-state index contributed by atoms with van der Waals surface area (Å²) >= 11 is 0. The summed E-state index contributed by atoms with van der Waals surface area (Å²) in [6.45, 7) is 7.29. The summed E-state index contributed by atoms with van der Waals surface area (Å²) in [6, 6.07) is 0. The highest BCUT2D eigenvalue weighted by atomic mass is 16.5. The Bertz CT molecular complexity index is 293. The van der Waals surface area contributed by atoms with Gasteiger partial charge in [-0.3, -0.25) is 9.59 Å². The van der Waals surface area contributed by atoms with Crippen LogP contribution in [0.1, 0.15) is 48.3 Å². The van der Waals surface area contributed by atoms with Gasteiger partial charge >= 0.3 is 5.97 Å². The van der Waals surface area contributed by atoms with Gasteiger partial charge < -0.3 is 4.74 Å². The van der Waals surface area contributed by atoms with Gasteiger partial charge in [0.25, 0.3) is 0 Å². The lowest BCUT2D eigenvalue weighted by Gasteiger charge is -2.30. The minimum atomic E-state index is -0.728. The van der Waals surface area contributed by atoms with Crippen LogP contribution in [-0.4, -0.2) is 17.9 Å². The molecule has 1 unspecified atom stereocenters. The van der Waals surface area contributed by atoms with Gasteiger partial charge in [-0.2, -0.15) is 0 Å². The molecule has 1 aliphatic carbocycles. The second kappa shape index (κ2) is 4.33. The van der Waals surface area contributed by atoms with Crippen LogP contribution >= 0.6 is 0 Å². The second-order valence-corrected chi connectivity index (χ2v) is 5.28. The first-order valence-electron chi connectivity index (χ1n) is 5.95. The lowest BCUT2D eigenvalue weighted by molar-refractivity contribution is -0.164. The first kappa shape index (κ1) is 10.7. The van der Waals surface area contributed by atoms with Crippen molar-refractivity contribution in [3.05, 3.63) is 0 Å². The highest BCUT2D eigenvalue weighted by Crippen LogP contribution is 2.27. The van der Waals surface area contributed by atoms with Crippen LogP contribution in [0.25, 0.3) is 0 Å². The summed E-state index contributed by atoms with van der Waals surface area (Å²) in [5.74, 6) is -0.276. The summed E-state index contributed by atoms with van der Waals surface area (Å²) in [5.41, 5.74) is -0.529. The van der Waals surface area contributed by atoms with Crippen LogP contribution in [0.5, 0.6) is 0 Å². The number of ether oxygens (including phenoxy) is 1. The Morgan fingerprint density at radius 2 is 2.13 bits per heavy atom. The van der Waals surface area contributed by atoms with Crippen molar-refractivity contribution < 1.29 is 15.7 Å². The third-order valence-corrected chi connectivity index (χ3v) is 2.61. The van der Waals surface area contributed by atoms with Gasteiger partial charge in [0.15, 0.2) is 0 Å². The molecule has 0 N–H and O–H groups in total. The van der Waals surface area contributed by atoms with E-state index >= 15 is 0 Å². The molecule has 0 bridgehead atoms. The van der Waals surface area contributed by atoms with E-state index < -0.39 is 11.8 Å². The summed E-state index contributed by atoms with van der Waals surface area (Å²) in [6.07, 6.45) is -0.334. The molecule has 1 fully saturated rings. The average molecular weight is 214 g/mol. The van der Waals surface area contributed by atoms with Gasteiger partial charge in [0.2, 0.25) is 0 Å². The highest BCUT2D eigenvalue weighted by molar-refractivity contribution is 5.80. The Morgan fingerprint density at radius 3 is 2.67 bits per heavy atom. The number of rotatable bonds is 1.